The summed E-state index contributed by atoms with van der Waals surface area (Å²) in [6, 6.07) is 0.371. The molecule has 2 unspecified atom stereocenters. The first kappa shape index (κ1) is 13.5. The minimum absolute atomic E-state index is 0.346. The summed E-state index contributed by atoms with van der Waals surface area (Å²) in [5.41, 5.74) is 7.93. The number of nitrogens with one attached hydrogen (secondary N) is 1. The van der Waals surface area contributed by atoms with E-state index in [4.69, 9.17) is 10.5 Å². The van der Waals surface area contributed by atoms with Crippen LogP contribution in [0.4, 0.5) is 10.8 Å². The van der Waals surface area contributed by atoms with E-state index in [0.717, 1.165) is 40.2 Å². The first-order valence-corrected chi connectivity index (χ1v) is 8.93. The Kier molecular flexibility index (Phi) is 3.35. The second kappa shape index (κ2) is 5.23. The van der Waals surface area contributed by atoms with Crippen molar-refractivity contribution in [3.05, 3.63) is 10.4 Å². The van der Waals surface area contributed by atoms with Crippen LogP contribution in [0.2, 0.25) is 0 Å². The van der Waals surface area contributed by atoms with Gasteiger partial charge >= 0.3 is 0 Å². The molecule has 1 saturated heterocycles. The molecule has 5 nitrogen and oxygen atoms in total. The fourth-order valence-electron chi connectivity index (χ4n) is 2.95. The highest BCUT2D eigenvalue weighted by molar-refractivity contribution is 7.11. The molecule has 3 N–H and O–H groups in total. The van der Waals surface area contributed by atoms with Gasteiger partial charge in [0.05, 0.1) is 28.4 Å². The fourth-order valence-corrected chi connectivity index (χ4v) is 4.34. The maximum Gasteiger partial charge on any atom is 0.148 e. The van der Waals surface area contributed by atoms with Gasteiger partial charge in [-0.15, -0.1) is 11.3 Å². The maximum atomic E-state index is 6.06. The van der Waals surface area contributed by atoms with Crippen LogP contribution in [-0.4, -0.2) is 28.1 Å². The third-order valence-corrected chi connectivity index (χ3v) is 5.70. The third-order valence-electron chi connectivity index (χ3n) is 4.13. The molecule has 0 amide bonds. The molecule has 2 atom stereocenters. The molecule has 0 radical (unpaired) electrons. The highest BCUT2D eigenvalue weighted by Crippen LogP contribution is 2.42. The van der Waals surface area contributed by atoms with E-state index < -0.39 is 0 Å². The van der Waals surface area contributed by atoms with Crippen LogP contribution in [0.5, 0.6) is 0 Å². The summed E-state index contributed by atoms with van der Waals surface area (Å²) in [5.74, 6) is 1.30. The summed E-state index contributed by atoms with van der Waals surface area (Å²) < 4.78 is 10.2. The first-order chi connectivity index (χ1) is 10.2. The highest BCUT2D eigenvalue weighted by Gasteiger charge is 2.41. The molecule has 1 aliphatic heterocycles. The summed E-state index contributed by atoms with van der Waals surface area (Å²) in [5, 5.41) is 7.74. The van der Waals surface area contributed by atoms with Crippen molar-refractivity contribution in [3.8, 4) is 11.3 Å². The zero-order chi connectivity index (χ0) is 14.4. The van der Waals surface area contributed by atoms with Crippen molar-refractivity contribution in [2.24, 2.45) is 5.92 Å². The van der Waals surface area contributed by atoms with E-state index in [1.165, 1.54) is 24.4 Å². The molecule has 0 aromatic carbocycles. The minimum Gasteiger partial charge on any atom is -0.382 e. The second-order valence-electron chi connectivity index (χ2n) is 5.74. The van der Waals surface area contributed by atoms with Gasteiger partial charge < -0.3 is 15.8 Å². The van der Waals surface area contributed by atoms with E-state index in [1.807, 2.05) is 12.3 Å². The number of ether oxygens (including phenoxy) is 1. The number of hydrogen-bond acceptors (Lipinski definition) is 7. The van der Waals surface area contributed by atoms with Crippen molar-refractivity contribution in [3.63, 3.8) is 0 Å². The van der Waals surface area contributed by atoms with Gasteiger partial charge in [0.15, 0.2) is 0 Å². The van der Waals surface area contributed by atoms with Crippen molar-refractivity contribution in [1.29, 1.82) is 0 Å². The Bertz CT molecular complexity index is 649. The Morgan fingerprint density at radius 3 is 2.95 bits per heavy atom. The average molecular weight is 322 g/mol. The molecule has 3 heterocycles. The Balaban J connectivity index is 1.60. The molecule has 7 heteroatoms. The first-order valence-electron chi connectivity index (χ1n) is 7.28. The number of thiazole rings is 1. The molecule has 4 rings (SSSR count). The van der Waals surface area contributed by atoms with Crippen LogP contribution in [0.1, 0.15) is 24.3 Å². The molecule has 2 aliphatic rings. The molecular weight excluding hydrogens is 304 g/mol. The molecule has 21 heavy (non-hydrogen) atoms. The molecule has 1 saturated carbocycles. The van der Waals surface area contributed by atoms with Crippen LogP contribution in [0, 0.1) is 12.8 Å². The Labute approximate surface area is 131 Å². The van der Waals surface area contributed by atoms with E-state index in [9.17, 15) is 0 Å². The highest BCUT2D eigenvalue weighted by atomic mass is 32.1. The molecule has 2 fully saturated rings. The molecule has 0 bridgehead atoms. The van der Waals surface area contributed by atoms with Gasteiger partial charge in [-0.1, -0.05) is 0 Å². The van der Waals surface area contributed by atoms with Gasteiger partial charge in [0, 0.05) is 12.0 Å². The summed E-state index contributed by atoms with van der Waals surface area (Å²) >= 11 is 3.06. The van der Waals surface area contributed by atoms with Crippen LogP contribution in [-0.2, 0) is 4.74 Å². The van der Waals surface area contributed by atoms with Gasteiger partial charge in [-0.05, 0) is 43.6 Å². The number of nitrogen functional groups attached to an aromatic ring is 1. The van der Waals surface area contributed by atoms with Crippen molar-refractivity contribution >= 4 is 33.7 Å². The molecule has 112 valence electrons. The van der Waals surface area contributed by atoms with Gasteiger partial charge in [0.25, 0.3) is 0 Å². The van der Waals surface area contributed by atoms with Crippen molar-refractivity contribution < 1.29 is 4.74 Å². The SMILES string of the molecule is Cc1nc(-c2c(N)nsc2NC2CCOC2C2CC2)cs1. The molecule has 2 aromatic rings. The van der Waals surface area contributed by atoms with Gasteiger partial charge in [-0.2, -0.15) is 4.37 Å². The summed E-state index contributed by atoms with van der Waals surface area (Å²) in [4.78, 5) is 4.55. The molecular formula is C14H18N4OS2. The number of nitrogens with zero attached hydrogens (tertiary/aromatic N) is 2. The topological polar surface area (TPSA) is 73.1 Å². The standard InChI is InChI=1S/C14H18N4OS2/c1-7-16-10(6-20-7)11-13(15)18-21-14(11)17-9-4-5-19-12(9)8-2-3-8/h6,8-9,12,17H,2-5H2,1H3,(H2,15,18). The zero-order valence-electron chi connectivity index (χ0n) is 11.8. The number of aromatic nitrogens is 2. The minimum atomic E-state index is 0.346. The second-order valence-corrected chi connectivity index (χ2v) is 7.57. The Hall–Kier alpha value is -1.18. The van der Waals surface area contributed by atoms with E-state index in [0.29, 0.717) is 18.0 Å². The number of nitrogens with two attached hydrogens (primary N) is 1. The van der Waals surface area contributed by atoms with Gasteiger partial charge in [0.2, 0.25) is 0 Å². The summed E-state index contributed by atoms with van der Waals surface area (Å²) in [7, 11) is 0. The van der Waals surface area contributed by atoms with E-state index in [1.54, 1.807) is 11.3 Å². The number of anilines is 2. The number of rotatable bonds is 4. The van der Waals surface area contributed by atoms with Crippen LogP contribution >= 0.6 is 22.9 Å². The van der Waals surface area contributed by atoms with Gasteiger partial charge in [0.1, 0.15) is 10.8 Å². The summed E-state index contributed by atoms with van der Waals surface area (Å²) in [6.45, 7) is 2.85. The predicted molar refractivity (Wildman–Crippen MR) is 86.9 cm³/mol. The quantitative estimate of drug-likeness (QED) is 0.904. The Morgan fingerprint density at radius 2 is 2.24 bits per heavy atom. The van der Waals surface area contributed by atoms with E-state index in [2.05, 4.69) is 14.7 Å². The van der Waals surface area contributed by atoms with Gasteiger partial charge in [-0.25, -0.2) is 4.98 Å². The van der Waals surface area contributed by atoms with Crippen LogP contribution < -0.4 is 11.1 Å². The van der Waals surface area contributed by atoms with Crippen molar-refractivity contribution in [2.45, 2.75) is 38.3 Å². The average Bonchev–Trinajstić information content (AvgIpc) is 2.87. The van der Waals surface area contributed by atoms with Crippen LogP contribution in [0.15, 0.2) is 5.38 Å². The van der Waals surface area contributed by atoms with E-state index >= 15 is 0 Å². The van der Waals surface area contributed by atoms with Crippen molar-refractivity contribution in [1.82, 2.24) is 9.36 Å². The molecule has 1 aliphatic carbocycles. The van der Waals surface area contributed by atoms with Crippen LogP contribution in [0.3, 0.4) is 0 Å². The lowest BCUT2D eigenvalue weighted by Crippen LogP contribution is -2.30. The summed E-state index contributed by atoms with van der Waals surface area (Å²) in [6.07, 6.45) is 3.99. The lowest BCUT2D eigenvalue weighted by molar-refractivity contribution is 0.0899. The predicted octanol–water partition coefficient (Wildman–Crippen LogP) is 3.14. The van der Waals surface area contributed by atoms with Crippen LogP contribution in [0.25, 0.3) is 11.3 Å². The largest absolute Gasteiger partial charge is 0.382 e. The fraction of sp³-hybridized carbons (Fsp3) is 0.571. The lowest BCUT2D eigenvalue weighted by Gasteiger charge is -2.20. The normalized spacial score (nSPS) is 25.4. The lowest BCUT2D eigenvalue weighted by atomic mass is 10.1. The number of hydrogen-bond donors (Lipinski definition) is 2. The monoisotopic (exact) mass is 322 g/mol. The van der Waals surface area contributed by atoms with Gasteiger partial charge in [-0.3, -0.25) is 0 Å². The molecule has 2 aromatic heterocycles. The van der Waals surface area contributed by atoms with Crippen molar-refractivity contribution in [2.75, 3.05) is 17.7 Å². The third kappa shape index (κ3) is 2.54. The maximum absolute atomic E-state index is 6.06. The Morgan fingerprint density at radius 1 is 1.38 bits per heavy atom. The number of aryl methyl sites for hydroxylation is 1. The van der Waals surface area contributed by atoms with E-state index in [-0.39, 0.29) is 0 Å². The smallest absolute Gasteiger partial charge is 0.148 e. The molecule has 0 spiro atoms. The zero-order valence-corrected chi connectivity index (χ0v) is 13.5.